The van der Waals surface area contributed by atoms with E-state index in [4.69, 9.17) is 4.74 Å². The Morgan fingerprint density at radius 3 is 2.81 bits per heavy atom. The molecule has 21 heavy (non-hydrogen) atoms. The van der Waals surface area contributed by atoms with Crippen molar-refractivity contribution in [3.05, 3.63) is 42.0 Å². The van der Waals surface area contributed by atoms with Crippen molar-refractivity contribution in [2.24, 2.45) is 4.99 Å². The van der Waals surface area contributed by atoms with Crippen molar-refractivity contribution in [1.29, 1.82) is 0 Å². The minimum atomic E-state index is -3.54. The van der Waals surface area contributed by atoms with Crippen LogP contribution in [0.2, 0.25) is 0 Å². The minimum absolute atomic E-state index is 0.0840. The lowest BCUT2D eigenvalue weighted by atomic mass is 10.2. The fraction of sp³-hybridized carbons (Fsp3) is 0.286. The molecule has 0 aliphatic carbocycles. The van der Waals surface area contributed by atoms with Crippen molar-refractivity contribution in [1.82, 2.24) is 4.72 Å². The van der Waals surface area contributed by atoms with Crippen LogP contribution in [-0.2, 0) is 19.6 Å². The van der Waals surface area contributed by atoms with Gasteiger partial charge in [0.2, 0.25) is 0 Å². The highest BCUT2D eigenvalue weighted by Crippen LogP contribution is 2.22. The van der Waals surface area contributed by atoms with Crippen LogP contribution in [0.15, 0.2) is 46.3 Å². The van der Waals surface area contributed by atoms with Gasteiger partial charge in [0.05, 0.1) is 17.9 Å². The number of fused-ring (bicyclic) bond motifs is 1. The third-order valence-electron chi connectivity index (χ3n) is 2.73. The smallest absolute Gasteiger partial charge is 0.307 e. The van der Waals surface area contributed by atoms with E-state index in [2.05, 4.69) is 16.3 Å². The monoisotopic (exact) mass is 308 g/mol. The van der Waals surface area contributed by atoms with Crippen LogP contribution in [-0.4, -0.2) is 33.4 Å². The zero-order valence-electron chi connectivity index (χ0n) is 11.6. The van der Waals surface area contributed by atoms with Crippen molar-refractivity contribution < 1.29 is 17.9 Å². The maximum Gasteiger partial charge on any atom is 0.307 e. The first-order chi connectivity index (χ1) is 9.90. The van der Waals surface area contributed by atoms with Gasteiger partial charge in [-0.05, 0) is 24.6 Å². The molecule has 2 rings (SSSR count). The number of carbonyl (C=O) groups excluding carboxylic acids is 1. The summed E-state index contributed by atoms with van der Waals surface area (Å²) in [5.41, 5.74) is 1.28. The summed E-state index contributed by atoms with van der Waals surface area (Å²) in [5, 5.41) is 0. The summed E-state index contributed by atoms with van der Waals surface area (Å²) in [4.78, 5) is 15.8. The molecule has 7 heteroatoms. The molecule has 1 aliphatic heterocycles. The molecule has 1 aliphatic rings. The Labute approximate surface area is 123 Å². The first-order valence-electron chi connectivity index (χ1n) is 6.37. The molecule has 112 valence electrons. The first-order valence-corrected chi connectivity index (χ1v) is 7.85. The summed E-state index contributed by atoms with van der Waals surface area (Å²) in [7, 11) is -3.54. The molecule has 0 fully saturated rings. The summed E-state index contributed by atoms with van der Waals surface area (Å²) in [6, 6.07) is 6.57. The Hall–Kier alpha value is -2.15. The third kappa shape index (κ3) is 3.69. The number of nitrogens with one attached hydrogen (secondary N) is 1. The van der Waals surface area contributed by atoms with Crippen LogP contribution >= 0.6 is 0 Å². The molecular weight excluding hydrogens is 292 g/mol. The molecule has 0 spiro atoms. The highest BCUT2D eigenvalue weighted by atomic mass is 32.2. The average Bonchev–Trinajstić information content (AvgIpc) is 2.69. The van der Waals surface area contributed by atoms with E-state index in [0.29, 0.717) is 5.56 Å². The van der Waals surface area contributed by atoms with Crippen LogP contribution in [0.5, 0.6) is 0 Å². The molecule has 6 nitrogen and oxygen atoms in total. The predicted molar refractivity (Wildman–Crippen MR) is 78.6 cm³/mol. The van der Waals surface area contributed by atoms with Gasteiger partial charge in [0, 0.05) is 5.56 Å². The van der Waals surface area contributed by atoms with Crippen molar-refractivity contribution in [3.63, 3.8) is 0 Å². The second-order valence-corrected chi connectivity index (χ2v) is 6.35. The molecular formula is C14H16N2O4S. The van der Waals surface area contributed by atoms with E-state index in [0.717, 1.165) is 5.57 Å². The van der Waals surface area contributed by atoms with Crippen LogP contribution in [0.1, 0.15) is 18.9 Å². The molecule has 0 saturated carbocycles. The molecule has 1 N–H and O–H groups in total. The number of esters is 1. The Kier molecular flexibility index (Phi) is 4.42. The van der Waals surface area contributed by atoms with E-state index in [1.807, 2.05) is 0 Å². The summed E-state index contributed by atoms with van der Waals surface area (Å²) in [6.07, 6.45) is 0.0840. The first kappa shape index (κ1) is 15.2. The number of aliphatic imine (C=N–C) groups is 1. The van der Waals surface area contributed by atoms with E-state index < -0.39 is 16.0 Å². The van der Waals surface area contributed by atoms with E-state index in [1.165, 1.54) is 6.07 Å². The maximum absolute atomic E-state index is 11.8. The van der Waals surface area contributed by atoms with Crippen molar-refractivity contribution >= 4 is 21.8 Å². The Morgan fingerprint density at radius 2 is 2.10 bits per heavy atom. The topological polar surface area (TPSA) is 84.8 Å². The van der Waals surface area contributed by atoms with Gasteiger partial charge < -0.3 is 4.74 Å². The number of carbonyl (C=O) groups is 1. The van der Waals surface area contributed by atoms with E-state index in [1.54, 1.807) is 25.1 Å². The predicted octanol–water partition coefficient (Wildman–Crippen LogP) is 1.23. The molecule has 0 aromatic heterocycles. The van der Waals surface area contributed by atoms with E-state index in [-0.39, 0.29) is 30.3 Å². The van der Waals surface area contributed by atoms with Gasteiger partial charge in [0.25, 0.3) is 10.0 Å². The fourth-order valence-electron chi connectivity index (χ4n) is 1.79. The van der Waals surface area contributed by atoms with Gasteiger partial charge in [-0.25, -0.2) is 8.42 Å². The number of rotatable bonds is 5. The Balaban J connectivity index is 2.01. The minimum Gasteiger partial charge on any atom is -0.461 e. The van der Waals surface area contributed by atoms with Gasteiger partial charge >= 0.3 is 5.97 Å². The molecule has 1 aromatic rings. The summed E-state index contributed by atoms with van der Waals surface area (Å²) in [6.45, 7) is 5.73. The normalized spacial score (nSPS) is 17.1. The van der Waals surface area contributed by atoms with Crippen LogP contribution in [0.25, 0.3) is 0 Å². The number of benzene rings is 1. The number of ether oxygens (including phenoxy) is 1. The van der Waals surface area contributed by atoms with Crippen LogP contribution in [0.3, 0.4) is 0 Å². The standard InChI is InChI=1S/C14H16N2O4S/c1-10(2)9-20-13(17)7-8-15-14-11-5-3-4-6-12(11)21(18,19)16-14/h3-6H,1,7-9H2,2H3,(H,15,16). The SMILES string of the molecule is C=C(C)COC(=O)CCN=C1NS(=O)(=O)c2ccccc21. The lowest BCUT2D eigenvalue weighted by Crippen LogP contribution is -2.22. The molecule has 0 saturated heterocycles. The van der Waals surface area contributed by atoms with E-state index >= 15 is 0 Å². The zero-order chi connectivity index (χ0) is 15.5. The molecule has 0 radical (unpaired) electrons. The van der Waals surface area contributed by atoms with Gasteiger partial charge in [-0.3, -0.25) is 14.5 Å². The van der Waals surface area contributed by atoms with Gasteiger partial charge in [-0.2, -0.15) is 0 Å². The second kappa shape index (κ2) is 6.09. The highest BCUT2D eigenvalue weighted by Gasteiger charge is 2.29. The number of nitrogens with zero attached hydrogens (tertiary/aromatic N) is 1. The lowest BCUT2D eigenvalue weighted by molar-refractivity contribution is -0.142. The molecule has 0 bridgehead atoms. The van der Waals surface area contributed by atoms with Gasteiger partial charge in [0.1, 0.15) is 12.4 Å². The molecule has 0 amide bonds. The van der Waals surface area contributed by atoms with Crippen molar-refractivity contribution in [3.8, 4) is 0 Å². The largest absolute Gasteiger partial charge is 0.461 e. The zero-order valence-corrected chi connectivity index (χ0v) is 12.4. The van der Waals surface area contributed by atoms with Crippen LogP contribution in [0, 0.1) is 0 Å². The molecule has 0 atom stereocenters. The summed E-state index contributed by atoms with van der Waals surface area (Å²) < 4.78 is 31.0. The fourth-order valence-corrected chi connectivity index (χ4v) is 3.04. The Morgan fingerprint density at radius 1 is 1.38 bits per heavy atom. The van der Waals surface area contributed by atoms with E-state index in [9.17, 15) is 13.2 Å². The number of amidine groups is 1. The summed E-state index contributed by atoms with van der Waals surface area (Å²) in [5.74, 6) is -0.130. The van der Waals surface area contributed by atoms with Crippen molar-refractivity contribution in [2.75, 3.05) is 13.2 Å². The highest BCUT2D eigenvalue weighted by molar-refractivity contribution is 7.90. The number of hydrogen-bond donors (Lipinski definition) is 1. The Bertz CT molecular complexity index is 707. The number of hydrogen-bond acceptors (Lipinski definition) is 5. The molecule has 0 unspecified atom stereocenters. The van der Waals surface area contributed by atoms with Gasteiger partial charge in [0.15, 0.2) is 0 Å². The molecule has 1 heterocycles. The average molecular weight is 308 g/mol. The van der Waals surface area contributed by atoms with Crippen LogP contribution < -0.4 is 4.72 Å². The quantitative estimate of drug-likeness (QED) is 0.655. The number of sulfonamides is 1. The molecule has 1 aromatic carbocycles. The van der Waals surface area contributed by atoms with Gasteiger partial charge in [-0.15, -0.1) is 0 Å². The third-order valence-corrected chi connectivity index (χ3v) is 4.13. The van der Waals surface area contributed by atoms with Crippen LogP contribution in [0.4, 0.5) is 0 Å². The van der Waals surface area contributed by atoms with Gasteiger partial charge in [-0.1, -0.05) is 18.7 Å². The lowest BCUT2D eigenvalue weighted by Gasteiger charge is -2.03. The summed E-state index contributed by atoms with van der Waals surface area (Å²) >= 11 is 0. The van der Waals surface area contributed by atoms with Crippen molar-refractivity contribution in [2.45, 2.75) is 18.2 Å². The second-order valence-electron chi connectivity index (χ2n) is 4.70. The maximum atomic E-state index is 11.8.